The number of amides is 1. The smallest absolute Gasteiger partial charge is 0.220 e. The van der Waals surface area contributed by atoms with Crippen LogP contribution >= 0.6 is 0 Å². The van der Waals surface area contributed by atoms with Gasteiger partial charge in [0.15, 0.2) is 6.29 Å². The number of unbranched alkanes of at least 4 members (excludes halogenated alkanes) is 27. The normalized spacial score (nSPS) is 20.1. The molecule has 1 saturated heterocycles. The molecule has 6 N–H and O–H groups in total. The maximum Gasteiger partial charge on any atom is 0.220 e. The lowest BCUT2D eigenvalue weighted by molar-refractivity contribution is -0.302. The fourth-order valence-corrected chi connectivity index (χ4v) is 8.72. The van der Waals surface area contributed by atoms with Crippen LogP contribution < -0.4 is 5.32 Å². The number of aliphatic hydroxyl groups is 5. The molecule has 1 heterocycles. The van der Waals surface area contributed by atoms with Gasteiger partial charge in [-0.3, -0.25) is 4.79 Å². The molecule has 7 atom stereocenters. The monoisotopic (exact) mass is 944 g/mol. The first kappa shape index (κ1) is 62.9. The number of allylic oxidation sites excluding steroid dienone is 10. The Labute approximate surface area is 411 Å². The Morgan fingerprint density at radius 2 is 0.925 bits per heavy atom. The Balaban J connectivity index is 2.00. The standard InChI is InChI=1S/C58H105NO8/c1-3-5-7-9-11-12-13-14-15-16-17-18-19-20-21-22-23-24-25-26-27-28-29-30-31-32-33-34-35-36-37-38-39-40-42-44-46-48-54(62)59-51(52(61)47-45-43-41-10-8-6-4-2)50-66-58-57(65)56(64)55(63)53(49-60)67-58/h5,7,11-12,14-15,17-18,20-21,51-53,55-58,60-61,63-65H,3-4,6,8-10,13,16,19,22-50H2,1-2H3,(H,59,62)/b7-5-,12-11-,15-14-,18-17-,21-20-. The van der Waals surface area contributed by atoms with Crippen LogP contribution in [0.1, 0.15) is 245 Å². The highest BCUT2D eigenvalue weighted by Gasteiger charge is 2.44. The number of nitrogens with one attached hydrogen (secondary N) is 1. The summed E-state index contributed by atoms with van der Waals surface area (Å²) in [5, 5.41) is 54.2. The van der Waals surface area contributed by atoms with Crippen molar-refractivity contribution in [1.82, 2.24) is 5.32 Å². The van der Waals surface area contributed by atoms with Crippen molar-refractivity contribution in [2.24, 2.45) is 0 Å². The van der Waals surface area contributed by atoms with Gasteiger partial charge in [0, 0.05) is 6.42 Å². The molecule has 0 bridgehead atoms. The molecule has 1 rings (SSSR count). The fraction of sp³-hybridized carbons (Fsp3) is 0.810. The molecule has 9 nitrogen and oxygen atoms in total. The Morgan fingerprint density at radius 3 is 1.37 bits per heavy atom. The molecule has 0 aromatic carbocycles. The third kappa shape index (κ3) is 37.4. The van der Waals surface area contributed by atoms with E-state index < -0.39 is 49.5 Å². The molecule has 1 aliphatic rings. The summed E-state index contributed by atoms with van der Waals surface area (Å²) < 4.78 is 11.2. The third-order valence-electron chi connectivity index (χ3n) is 13.1. The molecular weight excluding hydrogens is 839 g/mol. The van der Waals surface area contributed by atoms with E-state index in [0.717, 1.165) is 70.6 Å². The molecule has 1 fully saturated rings. The van der Waals surface area contributed by atoms with E-state index in [1.807, 2.05) is 0 Å². The number of hydrogen-bond donors (Lipinski definition) is 6. The summed E-state index contributed by atoms with van der Waals surface area (Å²) in [5.41, 5.74) is 0. The van der Waals surface area contributed by atoms with Crippen LogP contribution in [0.3, 0.4) is 0 Å². The van der Waals surface area contributed by atoms with Gasteiger partial charge in [0.05, 0.1) is 25.4 Å². The SMILES string of the molecule is CC/C=C\C/C=C\C/C=C\C/C=C\C/C=C\CCCCCCCCCCCCCCCCCCCCCCCC(=O)NC(COC1OC(CO)C(O)C(O)C1O)C(O)CCCCCCCCC. The molecule has 9 heteroatoms. The first-order chi connectivity index (χ1) is 32.8. The molecule has 1 aliphatic heterocycles. The van der Waals surface area contributed by atoms with Crippen LogP contribution in [0.25, 0.3) is 0 Å². The lowest BCUT2D eigenvalue weighted by Gasteiger charge is -2.40. The van der Waals surface area contributed by atoms with E-state index in [4.69, 9.17) is 9.47 Å². The molecule has 390 valence electrons. The zero-order valence-corrected chi connectivity index (χ0v) is 43.1. The molecule has 67 heavy (non-hydrogen) atoms. The topological polar surface area (TPSA) is 149 Å². The molecule has 0 aromatic heterocycles. The van der Waals surface area contributed by atoms with Crippen LogP contribution in [0.5, 0.6) is 0 Å². The van der Waals surface area contributed by atoms with Gasteiger partial charge in [-0.25, -0.2) is 0 Å². The Kier molecular flexibility index (Phi) is 44.7. The summed E-state index contributed by atoms with van der Waals surface area (Å²) in [6.07, 6.45) is 57.3. The van der Waals surface area contributed by atoms with Crippen molar-refractivity contribution in [3.63, 3.8) is 0 Å². The molecule has 7 unspecified atom stereocenters. The van der Waals surface area contributed by atoms with Crippen molar-refractivity contribution in [1.29, 1.82) is 0 Å². The minimum Gasteiger partial charge on any atom is -0.394 e. The molecule has 0 radical (unpaired) electrons. The Hall–Kier alpha value is -2.11. The summed E-state index contributed by atoms with van der Waals surface area (Å²) in [6, 6.07) is -0.715. The van der Waals surface area contributed by atoms with Gasteiger partial charge in [-0.1, -0.05) is 242 Å². The minimum atomic E-state index is -1.55. The molecule has 1 amide bonds. The predicted octanol–water partition coefficient (Wildman–Crippen LogP) is 13.5. The van der Waals surface area contributed by atoms with Gasteiger partial charge in [0.1, 0.15) is 24.4 Å². The van der Waals surface area contributed by atoms with Crippen LogP contribution in [-0.4, -0.2) is 87.5 Å². The van der Waals surface area contributed by atoms with Crippen molar-refractivity contribution in [3.05, 3.63) is 60.8 Å². The number of aliphatic hydroxyl groups excluding tert-OH is 5. The number of carbonyl (C=O) groups is 1. The number of rotatable bonds is 47. The zero-order valence-electron chi connectivity index (χ0n) is 43.1. The van der Waals surface area contributed by atoms with Gasteiger partial charge in [-0.05, 0) is 57.8 Å². The second-order valence-corrected chi connectivity index (χ2v) is 19.4. The van der Waals surface area contributed by atoms with Crippen molar-refractivity contribution in [2.75, 3.05) is 13.2 Å². The fourth-order valence-electron chi connectivity index (χ4n) is 8.72. The molecular formula is C58H105NO8. The zero-order chi connectivity index (χ0) is 48.7. The van der Waals surface area contributed by atoms with Crippen LogP contribution in [-0.2, 0) is 14.3 Å². The summed E-state index contributed by atoms with van der Waals surface area (Å²) in [7, 11) is 0. The number of ether oxygens (including phenoxy) is 2. The summed E-state index contributed by atoms with van der Waals surface area (Å²) in [6.45, 7) is 3.67. The lowest BCUT2D eigenvalue weighted by Crippen LogP contribution is -2.60. The molecule has 0 saturated carbocycles. The van der Waals surface area contributed by atoms with E-state index in [0.29, 0.717) is 12.8 Å². The predicted molar refractivity (Wildman–Crippen MR) is 281 cm³/mol. The van der Waals surface area contributed by atoms with E-state index in [-0.39, 0.29) is 12.5 Å². The summed E-state index contributed by atoms with van der Waals surface area (Å²) in [5.74, 6) is -0.147. The van der Waals surface area contributed by atoms with Crippen molar-refractivity contribution < 1.29 is 39.8 Å². The highest BCUT2D eigenvalue weighted by Crippen LogP contribution is 2.23. The molecule has 0 aliphatic carbocycles. The van der Waals surface area contributed by atoms with Gasteiger partial charge in [0.2, 0.25) is 5.91 Å². The first-order valence-corrected chi connectivity index (χ1v) is 28.0. The minimum absolute atomic E-state index is 0.138. The van der Waals surface area contributed by atoms with Crippen LogP contribution in [0.4, 0.5) is 0 Å². The van der Waals surface area contributed by atoms with Gasteiger partial charge in [-0.2, -0.15) is 0 Å². The van der Waals surface area contributed by atoms with Gasteiger partial charge in [0.25, 0.3) is 0 Å². The molecule has 0 aromatic rings. The lowest BCUT2D eigenvalue weighted by atomic mass is 9.99. The van der Waals surface area contributed by atoms with Crippen LogP contribution in [0.15, 0.2) is 60.8 Å². The van der Waals surface area contributed by atoms with E-state index in [9.17, 15) is 30.3 Å². The largest absolute Gasteiger partial charge is 0.394 e. The van der Waals surface area contributed by atoms with E-state index in [2.05, 4.69) is 79.9 Å². The maximum atomic E-state index is 13.0. The van der Waals surface area contributed by atoms with E-state index in [1.54, 1.807) is 0 Å². The van der Waals surface area contributed by atoms with Crippen molar-refractivity contribution in [2.45, 2.75) is 288 Å². The first-order valence-electron chi connectivity index (χ1n) is 28.0. The highest BCUT2D eigenvalue weighted by molar-refractivity contribution is 5.76. The van der Waals surface area contributed by atoms with E-state index in [1.165, 1.54) is 148 Å². The Bertz CT molecular complexity index is 1230. The van der Waals surface area contributed by atoms with Crippen LogP contribution in [0, 0.1) is 0 Å². The number of carbonyl (C=O) groups excluding carboxylic acids is 1. The summed E-state index contributed by atoms with van der Waals surface area (Å²) >= 11 is 0. The average molecular weight is 944 g/mol. The number of hydrogen-bond acceptors (Lipinski definition) is 8. The van der Waals surface area contributed by atoms with Crippen molar-refractivity contribution in [3.8, 4) is 0 Å². The van der Waals surface area contributed by atoms with Gasteiger partial charge >= 0.3 is 0 Å². The van der Waals surface area contributed by atoms with Crippen LogP contribution in [0.2, 0.25) is 0 Å². The summed E-state index contributed by atoms with van der Waals surface area (Å²) in [4.78, 5) is 13.0. The quantitative estimate of drug-likeness (QED) is 0.0261. The third-order valence-corrected chi connectivity index (χ3v) is 13.1. The molecule has 0 spiro atoms. The average Bonchev–Trinajstić information content (AvgIpc) is 3.33. The van der Waals surface area contributed by atoms with Gasteiger partial charge in [-0.15, -0.1) is 0 Å². The Morgan fingerprint density at radius 1 is 0.522 bits per heavy atom. The van der Waals surface area contributed by atoms with Crippen molar-refractivity contribution >= 4 is 5.91 Å². The second-order valence-electron chi connectivity index (χ2n) is 19.4. The second kappa shape index (κ2) is 47.6. The maximum absolute atomic E-state index is 13.0. The van der Waals surface area contributed by atoms with E-state index >= 15 is 0 Å². The van der Waals surface area contributed by atoms with Gasteiger partial charge < -0.3 is 40.3 Å². The highest BCUT2D eigenvalue weighted by atomic mass is 16.7.